The summed E-state index contributed by atoms with van der Waals surface area (Å²) in [6.45, 7) is 2.10. The van der Waals surface area contributed by atoms with Crippen LogP contribution in [0.1, 0.15) is 36.6 Å². The van der Waals surface area contributed by atoms with E-state index >= 15 is 0 Å². The number of nitrogens with zero attached hydrogens (tertiary/aromatic N) is 1. The van der Waals surface area contributed by atoms with E-state index in [-0.39, 0.29) is 11.5 Å². The van der Waals surface area contributed by atoms with E-state index in [4.69, 9.17) is 0 Å². The van der Waals surface area contributed by atoms with E-state index in [2.05, 4.69) is 41.5 Å². The van der Waals surface area contributed by atoms with Crippen LogP contribution in [0.15, 0.2) is 24.3 Å². The number of para-hydroxylation sites is 1. The summed E-state index contributed by atoms with van der Waals surface area (Å²) in [6.07, 6.45) is 3.15. The number of aryl methyl sites for hydroxylation is 1. The Balaban J connectivity index is 2.17. The number of nitriles is 1. The summed E-state index contributed by atoms with van der Waals surface area (Å²) in [5.41, 5.74) is 3.36. The van der Waals surface area contributed by atoms with E-state index < -0.39 is 0 Å². The van der Waals surface area contributed by atoms with Gasteiger partial charge in [-0.05, 0) is 38.4 Å². The highest BCUT2D eigenvalue weighted by Gasteiger charge is 2.45. The van der Waals surface area contributed by atoms with Crippen LogP contribution in [0.2, 0.25) is 0 Å². The highest BCUT2D eigenvalue weighted by molar-refractivity contribution is 5.85. The molecule has 0 radical (unpaired) electrons. The van der Waals surface area contributed by atoms with Crippen molar-refractivity contribution >= 4 is 10.9 Å². The van der Waals surface area contributed by atoms with E-state index in [1.807, 2.05) is 13.1 Å². The van der Waals surface area contributed by atoms with E-state index in [0.29, 0.717) is 0 Å². The molecule has 1 heterocycles. The third kappa shape index (κ3) is 1.67. The zero-order valence-corrected chi connectivity index (χ0v) is 11.5. The Labute approximate surface area is 113 Å². The molecule has 1 atom stereocenters. The van der Waals surface area contributed by atoms with Gasteiger partial charge in [0.2, 0.25) is 0 Å². The van der Waals surface area contributed by atoms with Gasteiger partial charge in [-0.3, -0.25) is 0 Å². The Hall–Kier alpha value is -1.79. The molecule has 2 aromatic rings. The number of hydrogen-bond acceptors (Lipinski definition) is 2. The van der Waals surface area contributed by atoms with Crippen LogP contribution < -0.4 is 5.32 Å². The van der Waals surface area contributed by atoms with Crippen LogP contribution in [0.3, 0.4) is 0 Å². The molecule has 1 aliphatic carbocycles. The molecule has 0 aliphatic heterocycles. The Morgan fingerprint density at radius 2 is 2.11 bits per heavy atom. The van der Waals surface area contributed by atoms with Crippen molar-refractivity contribution in [3.8, 4) is 6.07 Å². The lowest BCUT2D eigenvalue weighted by molar-refractivity contribution is 0.149. The average molecular weight is 253 g/mol. The first-order valence-corrected chi connectivity index (χ1v) is 6.87. The number of benzene rings is 1. The molecular weight excluding hydrogens is 234 g/mol. The van der Waals surface area contributed by atoms with Crippen molar-refractivity contribution in [2.24, 2.45) is 5.41 Å². The molecule has 1 unspecified atom stereocenters. The molecule has 19 heavy (non-hydrogen) atoms. The van der Waals surface area contributed by atoms with Crippen LogP contribution in [0.25, 0.3) is 10.9 Å². The van der Waals surface area contributed by atoms with E-state index in [1.165, 1.54) is 16.6 Å². The van der Waals surface area contributed by atoms with Crippen molar-refractivity contribution in [2.45, 2.75) is 32.2 Å². The second kappa shape index (κ2) is 4.40. The molecule has 1 saturated carbocycles. The van der Waals surface area contributed by atoms with Crippen LogP contribution >= 0.6 is 0 Å². The number of nitrogens with one attached hydrogen (secondary N) is 2. The highest BCUT2D eigenvalue weighted by atomic mass is 14.9. The molecule has 0 spiro atoms. The molecule has 1 aliphatic rings. The molecule has 1 fully saturated rings. The van der Waals surface area contributed by atoms with Gasteiger partial charge in [-0.2, -0.15) is 5.26 Å². The Morgan fingerprint density at radius 3 is 2.68 bits per heavy atom. The largest absolute Gasteiger partial charge is 0.358 e. The summed E-state index contributed by atoms with van der Waals surface area (Å²) in [5.74, 6) is 0. The molecule has 1 aromatic heterocycles. The molecule has 3 heteroatoms. The standard InChI is InChI=1S/C16H19N3/c1-11-14(12-6-3-4-7-13(12)19-11)15(18-2)16(10-17)8-5-9-16/h3-4,6-7,15,18-19H,5,8-9H2,1-2H3. The fourth-order valence-electron chi connectivity index (χ4n) is 3.39. The zero-order valence-electron chi connectivity index (χ0n) is 11.5. The van der Waals surface area contributed by atoms with Gasteiger partial charge < -0.3 is 10.3 Å². The van der Waals surface area contributed by atoms with Crippen molar-refractivity contribution in [2.75, 3.05) is 7.05 Å². The lowest BCUT2D eigenvalue weighted by Gasteiger charge is -2.42. The number of fused-ring (bicyclic) bond motifs is 1. The predicted molar refractivity (Wildman–Crippen MR) is 76.7 cm³/mol. The minimum absolute atomic E-state index is 0.113. The molecule has 0 bridgehead atoms. The van der Waals surface area contributed by atoms with Crippen LogP contribution in [0, 0.1) is 23.7 Å². The highest BCUT2D eigenvalue weighted by Crippen LogP contribution is 2.51. The van der Waals surface area contributed by atoms with Crippen LogP contribution in [0.5, 0.6) is 0 Å². The SMILES string of the molecule is CNC(c1c(C)[nH]c2ccccc12)C1(C#N)CCC1. The van der Waals surface area contributed by atoms with Crippen molar-refractivity contribution in [3.63, 3.8) is 0 Å². The monoisotopic (exact) mass is 253 g/mol. The predicted octanol–water partition coefficient (Wildman–Crippen LogP) is 3.43. The topological polar surface area (TPSA) is 51.6 Å². The average Bonchev–Trinajstić information content (AvgIpc) is 2.70. The summed E-state index contributed by atoms with van der Waals surface area (Å²) in [7, 11) is 1.96. The fourth-order valence-corrected chi connectivity index (χ4v) is 3.39. The second-order valence-corrected chi connectivity index (χ2v) is 5.55. The second-order valence-electron chi connectivity index (χ2n) is 5.55. The summed E-state index contributed by atoms with van der Waals surface area (Å²) in [5, 5.41) is 14.2. The van der Waals surface area contributed by atoms with Gasteiger partial charge in [-0.1, -0.05) is 24.6 Å². The maximum atomic E-state index is 9.60. The summed E-state index contributed by atoms with van der Waals surface area (Å²) < 4.78 is 0. The first-order valence-electron chi connectivity index (χ1n) is 6.87. The number of aromatic nitrogens is 1. The Morgan fingerprint density at radius 1 is 1.37 bits per heavy atom. The van der Waals surface area contributed by atoms with Gasteiger partial charge in [0.05, 0.1) is 17.5 Å². The van der Waals surface area contributed by atoms with Gasteiger partial charge in [-0.25, -0.2) is 0 Å². The summed E-state index contributed by atoms with van der Waals surface area (Å²) in [4.78, 5) is 3.44. The molecule has 1 aromatic carbocycles. The van der Waals surface area contributed by atoms with Gasteiger partial charge in [0.15, 0.2) is 0 Å². The lowest BCUT2D eigenvalue weighted by Crippen LogP contribution is -2.41. The first kappa shape index (κ1) is 12.3. The Bertz CT molecular complexity index is 644. The molecule has 3 rings (SSSR count). The van der Waals surface area contributed by atoms with Crippen molar-refractivity contribution in [1.29, 1.82) is 5.26 Å². The van der Waals surface area contributed by atoms with Gasteiger partial charge in [-0.15, -0.1) is 0 Å². The third-order valence-electron chi connectivity index (χ3n) is 4.54. The van der Waals surface area contributed by atoms with Crippen LogP contribution in [0.4, 0.5) is 0 Å². The molecule has 98 valence electrons. The van der Waals surface area contributed by atoms with E-state index in [0.717, 1.165) is 24.8 Å². The minimum atomic E-state index is -0.232. The van der Waals surface area contributed by atoms with Gasteiger partial charge in [0, 0.05) is 16.6 Å². The fraction of sp³-hybridized carbons (Fsp3) is 0.438. The summed E-state index contributed by atoms with van der Waals surface area (Å²) >= 11 is 0. The van der Waals surface area contributed by atoms with Gasteiger partial charge in [0.1, 0.15) is 0 Å². The molecule has 3 nitrogen and oxygen atoms in total. The van der Waals surface area contributed by atoms with Crippen LogP contribution in [-0.4, -0.2) is 12.0 Å². The van der Waals surface area contributed by atoms with Gasteiger partial charge in [0.25, 0.3) is 0 Å². The van der Waals surface area contributed by atoms with E-state index in [1.54, 1.807) is 0 Å². The molecule has 0 saturated heterocycles. The third-order valence-corrected chi connectivity index (χ3v) is 4.54. The number of rotatable bonds is 3. The Kier molecular flexibility index (Phi) is 2.83. The van der Waals surface area contributed by atoms with Crippen molar-refractivity contribution in [1.82, 2.24) is 10.3 Å². The maximum Gasteiger partial charge on any atom is 0.0769 e. The number of H-pyrrole nitrogens is 1. The molecule has 2 N–H and O–H groups in total. The zero-order chi connectivity index (χ0) is 13.5. The first-order chi connectivity index (χ1) is 9.22. The number of aromatic amines is 1. The summed E-state index contributed by atoms with van der Waals surface area (Å²) in [6, 6.07) is 11.0. The maximum absolute atomic E-state index is 9.60. The lowest BCUT2D eigenvalue weighted by atomic mass is 9.63. The van der Waals surface area contributed by atoms with E-state index in [9.17, 15) is 5.26 Å². The molecule has 0 amide bonds. The van der Waals surface area contributed by atoms with Crippen molar-refractivity contribution < 1.29 is 0 Å². The quantitative estimate of drug-likeness (QED) is 0.880. The van der Waals surface area contributed by atoms with Gasteiger partial charge >= 0.3 is 0 Å². The van der Waals surface area contributed by atoms with Crippen LogP contribution in [-0.2, 0) is 0 Å². The number of hydrogen-bond donors (Lipinski definition) is 2. The van der Waals surface area contributed by atoms with Crippen molar-refractivity contribution in [3.05, 3.63) is 35.5 Å². The smallest absolute Gasteiger partial charge is 0.0769 e. The molecular formula is C16H19N3. The minimum Gasteiger partial charge on any atom is -0.358 e. The normalized spacial score (nSPS) is 18.8.